The van der Waals surface area contributed by atoms with Crippen LogP contribution in [-0.2, 0) is 0 Å². The van der Waals surface area contributed by atoms with Crippen LogP contribution in [0.25, 0.3) is 0 Å². The van der Waals surface area contributed by atoms with Gasteiger partial charge < -0.3 is 15.1 Å². The van der Waals surface area contributed by atoms with Gasteiger partial charge in [-0.3, -0.25) is 9.59 Å². The van der Waals surface area contributed by atoms with E-state index >= 15 is 0 Å². The zero-order valence-electron chi connectivity index (χ0n) is 12.6. The van der Waals surface area contributed by atoms with E-state index in [1.807, 2.05) is 11.8 Å². The summed E-state index contributed by atoms with van der Waals surface area (Å²) in [6, 6.07) is 7.08. The second-order valence-corrected chi connectivity index (χ2v) is 5.33. The number of rotatable bonds is 2. The Hall–Kier alpha value is -1.59. The summed E-state index contributed by atoms with van der Waals surface area (Å²) < 4.78 is 0. The van der Waals surface area contributed by atoms with E-state index in [9.17, 15) is 9.59 Å². The number of nitrogens with zero attached hydrogens (tertiary/aromatic N) is 2. The largest absolute Gasteiger partial charge is 0.345 e. The molecule has 0 aromatic heterocycles. The number of halogens is 1. The first-order chi connectivity index (χ1) is 9.50. The van der Waals surface area contributed by atoms with E-state index in [1.54, 1.807) is 38.4 Å². The monoisotopic (exact) mass is 311 g/mol. The Morgan fingerprint density at radius 2 is 1.76 bits per heavy atom. The number of hydrogen-bond acceptors (Lipinski definition) is 3. The first-order valence-corrected chi connectivity index (χ1v) is 6.84. The topological polar surface area (TPSA) is 52.7 Å². The highest BCUT2D eigenvalue weighted by Gasteiger charge is 2.24. The summed E-state index contributed by atoms with van der Waals surface area (Å²) in [5, 5.41) is 3.26. The number of carbonyl (C=O) groups is 2. The van der Waals surface area contributed by atoms with Gasteiger partial charge in [-0.2, -0.15) is 0 Å². The lowest BCUT2D eigenvalue weighted by Crippen LogP contribution is -2.52. The highest BCUT2D eigenvalue weighted by atomic mass is 35.5. The molecule has 0 bridgehead atoms. The minimum atomic E-state index is -0.0560. The Kier molecular flexibility index (Phi) is 6.18. The summed E-state index contributed by atoms with van der Waals surface area (Å²) in [6.07, 6.45) is 0. The van der Waals surface area contributed by atoms with Gasteiger partial charge in [0.25, 0.3) is 11.8 Å². The molecule has 0 spiro atoms. The zero-order chi connectivity index (χ0) is 14.7. The highest BCUT2D eigenvalue weighted by molar-refractivity contribution is 5.97. The molecule has 2 amide bonds. The maximum Gasteiger partial charge on any atom is 0.254 e. The average molecular weight is 312 g/mol. The van der Waals surface area contributed by atoms with Crippen LogP contribution in [0.1, 0.15) is 27.6 Å². The van der Waals surface area contributed by atoms with Gasteiger partial charge in [-0.25, -0.2) is 0 Å². The molecule has 1 aromatic rings. The maximum absolute atomic E-state index is 12.4. The van der Waals surface area contributed by atoms with Crippen LogP contribution in [0.15, 0.2) is 24.3 Å². The Morgan fingerprint density at radius 3 is 2.29 bits per heavy atom. The van der Waals surface area contributed by atoms with Crippen molar-refractivity contribution in [3.63, 3.8) is 0 Å². The number of amides is 2. The fourth-order valence-corrected chi connectivity index (χ4v) is 2.32. The highest BCUT2D eigenvalue weighted by Crippen LogP contribution is 2.12. The van der Waals surface area contributed by atoms with Crippen LogP contribution in [0, 0.1) is 0 Å². The van der Waals surface area contributed by atoms with E-state index in [0.29, 0.717) is 11.1 Å². The van der Waals surface area contributed by atoms with Crippen molar-refractivity contribution in [2.75, 3.05) is 33.7 Å². The molecule has 1 saturated heterocycles. The number of carbonyl (C=O) groups excluding carboxylic acids is 2. The molecule has 1 unspecified atom stereocenters. The molecular weight excluding hydrogens is 290 g/mol. The lowest BCUT2D eigenvalue weighted by atomic mass is 10.1. The minimum Gasteiger partial charge on any atom is -0.345 e. The van der Waals surface area contributed by atoms with E-state index < -0.39 is 0 Å². The molecule has 116 valence electrons. The molecule has 1 atom stereocenters. The molecule has 5 nitrogen and oxygen atoms in total. The molecule has 1 fully saturated rings. The number of benzene rings is 1. The SMILES string of the molecule is CC1CNCCN1C(=O)c1ccc(C(=O)N(C)C)cc1.Cl. The number of hydrogen-bond donors (Lipinski definition) is 1. The van der Waals surface area contributed by atoms with Gasteiger partial charge in [-0.1, -0.05) is 0 Å². The predicted molar refractivity (Wildman–Crippen MR) is 85.1 cm³/mol. The molecule has 1 N–H and O–H groups in total. The molecular formula is C15H22ClN3O2. The van der Waals surface area contributed by atoms with Crippen LogP contribution < -0.4 is 5.32 Å². The van der Waals surface area contributed by atoms with Gasteiger partial charge in [0, 0.05) is 50.9 Å². The molecule has 0 radical (unpaired) electrons. The summed E-state index contributed by atoms with van der Waals surface area (Å²) in [5.74, 6) is -0.0256. The summed E-state index contributed by atoms with van der Waals surface area (Å²) in [6.45, 7) is 4.41. The lowest BCUT2D eigenvalue weighted by Gasteiger charge is -2.34. The van der Waals surface area contributed by atoms with Crippen LogP contribution >= 0.6 is 12.4 Å². The quantitative estimate of drug-likeness (QED) is 0.894. The Morgan fingerprint density at radius 1 is 1.19 bits per heavy atom. The van der Waals surface area contributed by atoms with Crippen molar-refractivity contribution in [1.29, 1.82) is 0 Å². The molecule has 0 aliphatic carbocycles. The van der Waals surface area contributed by atoms with Gasteiger partial charge in [0.05, 0.1) is 0 Å². The summed E-state index contributed by atoms with van der Waals surface area (Å²) in [5.41, 5.74) is 1.23. The molecule has 1 heterocycles. The normalized spacial score (nSPS) is 17.9. The average Bonchev–Trinajstić information content (AvgIpc) is 2.46. The van der Waals surface area contributed by atoms with Crippen molar-refractivity contribution in [3.05, 3.63) is 35.4 Å². The van der Waals surface area contributed by atoms with Crippen LogP contribution in [0.4, 0.5) is 0 Å². The molecule has 2 rings (SSSR count). The first-order valence-electron chi connectivity index (χ1n) is 6.84. The third-order valence-corrected chi connectivity index (χ3v) is 3.55. The van der Waals surface area contributed by atoms with Crippen molar-refractivity contribution < 1.29 is 9.59 Å². The van der Waals surface area contributed by atoms with Gasteiger partial charge in [0.2, 0.25) is 0 Å². The van der Waals surface area contributed by atoms with Crippen molar-refractivity contribution in [3.8, 4) is 0 Å². The van der Waals surface area contributed by atoms with Crippen LogP contribution in [0.5, 0.6) is 0 Å². The van der Waals surface area contributed by atoms with Gasteiger partial charge in [-0.05, 0) is 31.2 Å². The molecule has 1 aliphatic heterocycles. The van der Waals surface area contributed by atoms with Gasteiger partial charge in [0.15, 0.2) is 0 Å². The molecule has 0 saturated carbocycles. The molecule has 1 aliphatic rings. The smallest absolute Gasteiger partial charge is 0.254 e. The third kappa shape index (κ3) is 3.95. The fraction of sp³-hybridized carbons (Fsp3) is 0.467. The second kappa shape index (κ2) is 7.43. The number of piperazine rings is 1. The zero-order valence-corrected chi connectivity index (χ0v) is 13.4. The molecule has 1 aromatic carbocycles. The van der Waals surface area contributed by atoms with Crippen molar-refractivity contribution in [2.45, 2.75) is 13.0 Å². The maximum atomic E-state index is 12.4. The first kappa shape index (κ1) is 17.5. The summed E-state index contributed by atoms with van der Waals surface area (Å²) in [7, 11) is 3.42. The third-order valence-electron chi connectivity index (χ3n) is 3.55. The van der Waals surface area contributed by atoms with Crippen LogP contribution in [-0.4, -0.2) is 61.4 Å². The predicted octanol–water partition coefficient (Wildman–Crippen LogP) is 1.24. The Labute approximate surface area is 131 Å². The Balaban J connectivity index is 0.00000220. The Bertz CT molecular complexity index is 502. The fourth-order valence-electron chi connectivity index (χ4n) is 2.32. The molecule has 6 heteroatoms. The van der Waals surface area contributed by atoms with E-state index in [0.717, 1.165) is 19.6 Å². The minimum absolute atomic E-state index is 0. The van der Waals surface area contributed by atoms with Crippen molar-refractivity contribution in [1.82, 2.24) is 15.1 Å². The number of nitrogens with one attached hydrogen (secondary N) is 1. The van der Waals surface area contributed by atoms with E-state index in [2.05, 4.69) is 5.32 Å². The lowest BCUT2D eigenvalue weighted by molar-refractivity contribution is 0.0655. The summed E-state index contributed by atoms with van der Waals surface area (Å²) >= 11 is 0. The second-order valence-electron chi connectivity index (χ2n) is 5.33. The summed E-state index contributed by atoms with van der Waals surface area (Å²) in [4.78, 5) is 27.6. The van der Waals surface area contributed by atoms with E-state index in [4.69, 9.17) is 0 Å². The van der Waals surface area contributed by atoms with Gasteiger partial charge in [-0.15, -0.1) is 12.4 Å². The van der Waals surface area contributed by atoms with Crippen molar-refractivity contribution >= 4 is 24.2 Å². The van der Waals surface area contributed by atoms with E-state index in [1.165, 1.54) is 4.90 Å². The molecule has 21 heavy (non-hydrogen) atoms. The van der Waals surface area contributed by atoms with Gasteiger partial charge >= 0.3 is 0 Å². The van der Waals surface area contributed by atoms with E-state index in [-0.39, 0.29) is 30.3 Å². The standard InChI is InChI=1S/C15H21N3O2.ClH/c1-11-10-16-8-9-18(11)15(20)13-6-4-12(5-7-13)14(19)17(2)3;/h4-7,11,16H,8-10H2,1-3H3;1H. The van der Waals surface area contributed by atoms with Gasteiger partial charge in [0.1, 0.15) is 0 Å². The van der Waals surface area contributed by atoms with Crippen LogP contribution in [0.2, 0.25) is 0 Å². The van der Waals surface area contributed by atoms with Crippen molar-refractivity contribution in [2.24, 2.45) is 0 Å². The van der Waals surface area contributed by atoms with Crippen LogP contribution in [0.3, 0.4) is 0 Å².